The Morgan fingerprint density at radius 2 is 1.97 bits per heavy atom. The lowest BCUT2D eigenvalue weighted by atomic mass is 10.0. The van der Waals surface area contributed by atoms with Gasteiger partial charge in [0, 0.05) is 62.0 Å². The van der Waals surface area contributed by atoms with Crippen LogP contribution in [0.1, 0.15) is 21.5 Å². The predicted molar refractivity (Wildman–Crippen MR) is 121 cm³/mol. The number of ketones is 1. The van der Waals surface area contributed by atoms with Crippen LogP contribution < -0.4 is 4.74 Å². The number of phenols is 1. The number of hydrogen-bond acceptors (Lipinski definition) is 7. The Kier molecular flexibility index (Phi) is 5.17. The number of carbonyl (C=O) groups is 2. The van der Waals surface area contributed by atoms with Gasteiger partial charge in [0.15, 0.2) is 5.76 Å². The lowest BCUT2D eigenvalue weighted by Crippen LogP contribution is -2.47. The number of nitro groups is 1. The van der Waals surface area contributed by atoms with Crippen LogP contribution in [0.15, 0.2) is 42.3 Å². The molecule has 11 nitrogen and oxygen atoms in total. The molecule has 2 aliphatic rings. The van der Waals surface area contributed by atoms with E-state index in [4.69, 9.17) is 9.84 Å². The van der Waals surface area contributed by atoms with Gasteiger partial charge in [-0.05, 0) is 24.3 Å². The normalized spacial score (nSPS) is 17.2. The van der Waals surface area contributed by atoms with Crippen molar-refractivity contribution in [2.45, 2.75) is 6.54 Å². The number of carbonyl (C=O) groups excluding carboxylic acids is 1. The van der Waals surface area contributed by atoms with E-state index in [-0.39, 0.29) is 28.7 Å². The van der Waals surface area contributed by atoms with Gasteiger partial charge >= 0.3 is 6.09 Å². The molecule has 1 saturated heterocycles. The zero-order valence-corrected chi connectivity index (χ0v) is 17.9. The van der Waals surface area contributed by atoms with Crippen molar-refractivity contribution in [3.8, 4) is 11.5 Å². The molecule has 0 bridgehead atoms. The smallest absolute Gasteiger partial charge is 0.407 e. The second kappa shape index (κ2) is 8.19. The van der Waals surface area contributed by atoms with Crippen LogP contribution in [-0.2, 0) is 6.54 Å². The number of fused-ring (bicyclic) bond motifs is 2. The number of aromatic amines is 1. The molecule has 1 fully saturated rings. The van der Waals surface area contributed by atoms with Gasteiger partial charge in [0.25, 0.3) is 5.69 Å². The minimum absolute atomic E-state index is 0.00660. The van der Waals surface area contributed by atoms with Crippen molar-refractivity contribution in [1.82, 2.24) is 14.8 Å². The number of benzene rings is 2. The number of amides is 1. The number of H-pyrrole nitrogens is 1. The Balaban J connectivity index is 1.42. The number of phenolic OH excluding ortho intramolecular Hbond substituents is 1. The van der Waals surface area contributed by atoms with Crippen LogP contribution in [0, 0.1) is 10.1 Å². The maximum absolute atomic E-state index is 13.0. The third-order valence-corrected chi connectivity index (χ3v) is 6.14. The monoisotopic (exact) mass is 464 g/mol. The van der Waals surface area contributed by atoms with E-state index in [0.717, 1.165) is 0 Å². The quantitative estimate of drug-likeness (QED) is 0.303. The summed E-state index contributed by atoms with van der Waals surface area (Å²) >= 11 is 0. The fraction of sp³-hybridized carbons (Fsp3) is 0.217. The average Bonchev–Trinajstić information content (AvgIpc) is 3.36. The first kappa shape index (κ1) is 21.5. The van der Waals surface area contributed by atoms with Gasteiger partial charge < -0.3 is 24.8 Å². The summed E-state index contributed by atoms with van der Waals surface area (Å²) in [7, 11) is 0. The first-order valence-electron chi connectivity index (χ1n) is 10.6. The average molecular weight is 464 g/mol. The first-order valence-corrected chi connectivity index (χ1v) is 10.6. The fourth-order valence-corrected chi connectivity index (χ4v) is 4.28. The van der Waals surface area contributed by atoms with Gasteiger partial charge in [-0.2, -0.15) is 0 Å². The van der Waals surface area contributed by atoms with Gasteiger partial charge in [0.2, 0.25) is 5.78 Å². The number of hydrogen-bond donors (Lipinski definition) is 3. The molecule has 0 saturated carbocycles. The Bertz CT molecular complexity index is 1370. The summed E-state index contributed by atoms with van der Waals surface area (Å²) in [5.74, 6) is 0.0280. The second-order valence-electron chi connectivity index (χ2n) is 8.16. The summed E-state index contributed by atoms with van der Waals surface area (Å²) in [6.07, 6.45) is 2.25. The molecule has 2 aliphatic heterocycles. The highest BCUT2D eigenvalue weighted by Gasteiger charge is 2.32. The number of allylic oxidation sites excluding steroid dienone is 1. The number of non-ortho nitro benzene ring substituents is 1. The number of ether oxygens (including phenoxy) is 1. The van der Waals surface area contributed by atoms with Crippen LogP contribution in [0.2, 0.25) is 0 Å². The molecule has 34 heavy (non-hydrogen) atoms. The van der Waals surface area contributed by atoms with Crippen molar-refractivity contribution in [2.24, 2.45) is 0 Å². The number of aromatic nitrogens is 1. The van der Waals surface area contributed by atoms with E-state index in [0.29, 0.717) is 60.3 Å². The number of nitrogens with one attached hydrogen (secondary N) is 1. The Labute approximate surface area is 192 Å². The SMILES string of the molecule is O=C1C(=Cc2c[nH]c3cc([N+](=O)[O-])ccc23)Oc2c1ccc(O)c2CN1CCN(C(=O)O)CC1. The molecule has 0 radical (unpaired) electrons. The van der Waals surface area contributed by atoms with Crippen molar-refractivity contribution in [1.29, 1.82) is 0 Å². The Morgan fingerprint density at radius 1 is 1.21 bits per heavy atom. The summed E-state index contributed by atoms with van der Waals surface area (Å²) in [5, 5.41) is 31.3. The van der Waals surface area contributed by atoms with Gasteiger partial charge in [-0.3, -0.25) is 19.8 Å². The van der Waals surface area contributed by atoms with Crippen LogP contribution in [0.4, 0.5) is 10.5 Å². The summed E-state index contributed by atoms with van der Waals surface area (Å²) in [5.41, 5.74) is 1.95. The lowest BCUT2D eigenvalue weighted by molar-refractivity contribution is -0.384. The number of Topliss-reactive ketones (excluding diaryl/α,β-unsaturated/α-hetero) is 1. The zero-order valence-electron chi connectivity index (χ0n) is 17.9. The van der Waals surface area contributed by atoms with Crippen molar-refractivity contribution in [3.05, 3.63) is 69.1 Å². The summed E-state index contributed by atoms with van der Waals surface area (Å²) < 4.78 is 5.91. The van der Waals surface area contributed by atoms with Gasteiger partial charge in [-0.1, -0.05) is 0 Å². The van der Waals surface area contributed by atoms with E-state index in [9.17, 15) is 24.8 Å². The van der Waals surface area contributed by atoms with Crippen molar-refractivity contribution in [3.63, 3.8) is 0 Å². The van der Waals surface area contributed by atoms with Crippen LogP contribution in [-0.4, -0.2) is 68.0 Å². The van der Waals surface area contributed by atoms with E-state index < -0.39 is 11.0 Å². The molecule has 11 heteroatoms. The predicted octanol–water partition coefficient (Wildman–Crippen LogP) is 3.19. The van der Waals surface area contributed by atoms with Crippen molar-refractivity contribution >= 4 is 34.5 Å². The highest BCUT2D eigenvalue weighted by atomic mass is 16.6. The molecule has 3 heterocycles. The molecule has 1 amide bonds. The van der Waals surface area contributed by atoms with E-state index in [1.165, 1.54) is 29.2 Å². The highest BCUT2D eigenvalue weighted by Crippen LogP contribution is 2.40. The van der Waals surface area contributed by atoms with Crippen LogP contribution in [0.3, 0.4) is 0 Å². The number of aromatic hydroxyl groups is 1. The standard InChI is InChI=1S/C23H20N4O7/c28-19-4-3-16-21(29)20(9-13-11-24-18-10-14(27(32)33)1-2-15(13)18)34-22(16)17(19)12-25-5-7-26(8-6-25)23(30)31/h1-4,9-11,24,28H,5-8,12H2,(H,30,31). The number of nitro benzene ring substituents is 1. The van der Waals surface area contributed by atoms with Crippen LogP contribution in [0.25, 0.3) is 17.0 Å². The molecular weight excluding hydrogens is 444 g/mol. The lowest BCUT2D eigenvalue weighted by Gasteiger charge is -2.33. The van der Waals surface area contributed by atoms with E-state index in [1.807, 2.05) is 4.90 Å². The topological polar surface area (TPSA) is 149 Å². The molecule has 174 valence electrons. The first-order chi connectivity index (χ1) is 16.3. The molecular formula is C23H20N4O7. The largest absolute Gasteiger partial charge is 0.507 e. The molecule has 1 aromatic heterocycles. The maximum Gasteiger partial charge on any atom is 0.407 e. The number of rotatable bonds is 4. The van der Waals surface area contributed by atoms with Crippen LogP contribution in [0.5, 0.6) is 11.5 Å². The minimum atomic E-state index is -0.960. The molecule has 2 aromatic carbocycles. The second-order valence-corrected chi connectivity index (χ2v) is 8.16. The summed E-state index contributed by atoms with van der Waals surface area (Å²) in [6.45, 7) is 2.00. The Morgan fingerprint density at radius 3 is 2.68 bits per heavy atom. The van der Waals surface area contributed by atoms with Crippen molar-refractivity contribution in [2.75, 3.05) is 26.2 Å². The van der Waals surface area contributed by atoms with E-state index >= 15 is 0 Å². The summed E-state index contributed by atoms with van der Waals surface area (Å²) in [4.78, 5) is 41.0. The van der Waals surface area contributed by atoms with Crippen molar-refractivity contribution < 1.29 is 29.5 Å². The number of nitrogens with zero attached hydrogens (tertiary/aromatic N) is 3. The molecule has 3 N–H and O–H groups in total. The third-order valence-electron chi connectivity index (χ3n) is 6.14. The zero-order chi connectivity index (χ0) is 24.0. The van der Waals surface area contributed by atoms with Gasteiger partial charge in [-0.25, -0.2) is 4.79 Å². The molecule has 0 spiro atoms. The van der Waals surface area contributed by atoms with E-state index in [2.05, 4.69) is 4.98 Å². The van der Waals surface area contributed by atoms with Gasteiger partial charge in [0.1, 0.15) is 11.5 Å². The number of carboxylic acid groups (broad SMARTS) is 1. The molecule has 0 aliphatic carbocycles. The van der Waals surface area contributed by atoms with Crippen LogP contribution >= 0.6 is 0 Å². The van der Waals surface area contributed by atoms with E-state index in [1.54, 1.807) is 18.3 Å². The minimum Gasteiger partial charge on any atom is -0.507 e. The number of piperazine rings is 1. The van der Waals surface area contributed by atoms with Gasteiger partial charge in [0.05, 0.1) is 21.6 Å². The third kappa shape index (κ3) is 3.71. The molecule has 0 unspecified atom stereocenters. The van der Waals surface area contributed by atoms with Gasteiger partial charge in [-0.15, -0.1) is 0 Å². The highest BCUT2D eigenvalue weighted by molar-refractivity contribution is 6.15. The summed E-state index contributed by atoms with van der Waals surface area (Å²) in [6, 6.07) is 7.39. The maximum atomic E-state index is 13.0. The fourth-order valence-electron chi connectivity index (χ4n) is 4.28. The molecule has 5 rings (SSSR count). The molecule has 3 aromatic rings. The Hall–Kier alpha value is -4.38. The molecule has 0 atom stereocenters.